The lowest BCUT2D eigenvalue weighted by molar-refractivity contribution is -0.137. The summed E-state index contributed by atoms with van der Waals surface area (Å²) in [6, 6.07) is 8.08. The number of pyridine rings is 1. The maximum absolute atomic E-state index is 13.0. The summed E-state index contributed by atoms with van der Waals surface area (Å²) in [5.74, 6) is 0.615. The number of ether oxygens (including phenoxy) is 1. The molecule has 2 aromatic carbocycles. The molecule has 0 spiro atoms. The molecular formula is C22H18Cl2F3N5O3. The first kappa shape index (κ1) is 25.9. The molecule has 184 valence electrons. The van der Waals surface area contributed by atoms with Gasteiger partial charge < -0.3 is 20.4 Å². The number of urea groups is 1. The van der Waals surface area contributed by atoms with E-state index in [1.807, 2.05) is 13.8 Å². The normalized spacial score (nSPS) is 10.9. The molecule has 35 heavy (non-hydrogen) atoms. The first-order valence-corrected chi connectivity index (χ1v) is 10.8. The van der Waals surface area contributed by atoms with Crippen LogP contribution in [0.4, 0.5) is 29.3 Å². The summed E-state index contributed by atoms with van der Waals surface area (Å²) in [7, 11) is 0. The van der Waals surface area contributed by atoms with Gasteiger partial charge in [-0.2, -0.15) is 13.2 Å². The maximum atomic E-state index is 13.0. The smallest absolute Gasteiger partial charge is 0.417 e. The van der Waals surface area contributed by atoms with E-state index >= 15 is 0 Å². The van der Waals surface area contributed by atoms with Crippen molar-refractivity contribution in [1.82, 2.24) is 15.0 Å². The van der Waals surface area contributed by atoms with Gasteiger partial charge in [-0.05, 0) is 30.3 Å². The Labute approximate surface area is 206 Å². The molecule has 0 fully saturated rings. The molecule has 4 rings (SSSR count). The number of carbonyl (C=O) groups is 1. The molecule has 0 aliphatic carbocycles. The minimum absolute atomic E-state index is 0.0996. The highest BCUT2D eigenvalue weighted by atomic mass is 35.5. The Bertz CT molecular complexity index is 1420. The van der Waals surface area contributed by atoms with Gasteiger partial charge in [0.05, 0.1) is 21.3 Å². The number of nitrogens with zero attached hydrogens (tertiary/aromatic N) is 1. The summed E-state index contributed by atoms with van der Waals surface area (Å²) >= 11 is 11.8. The molecule has 2 aromatic heterocycles. The largest absolute Gasteiger partial charge is 0.455 e. The van der Waals surface area contributed by atoms with Gasteiger partial charge in [0, 0.05) is 24.0 Å². The minimum atomic E-state index is -4.67. The van der Waals surface area contributed by atoms with E-state index in [2.05, 4.69) is 25.6 Å². The first-order valence-electron chi connectivity index (χ1n) is 10.1. The number of alkyl halides is 3. The molecule has 0 atom stereocenters. The van der Waals surface area contributed by atoms with Crippen molar-refractivity contribution in [1.29, 1.82) is 0 Å². The van der Waals surface area contributed by atoms with E-state index in [1.54, 1.807) is 6.07 Å². The lowest BCUT2D eigenvalue weighted by Gasteiger charge is -2.13. The van der Waals surface area contributed by atoms with Gasteiger partial charge in [-0.1, -0.05) is 37.0 Å². The fourth-order valence-electron chi connectivity index (χ4n) is 2.89. The SMILES string of the molecule is CC.O=C(Nc1ccc(Cl)c(C(F)(F)F)c1)Nc1ccc(Oc2ccnc3[nH]c(=O)[nH]c23)cc1Cl. The van der Waals surface area contributed by atoms with Crippen LogP contribution >= 0.6 is 23.2 Å². The highest BCUT2D eigenvalue weighted by Gasteiger charge is 2.33. The van der Waals surface area contributed by atoms with Crippen molar-refractivity contribution in [2.45, 2.75) is 20.0 Å². The second-order valence-electron chi connectivity index (χ2n) is 6.63. The number of rotatable bonds is 4. The average molecular weight is 528 g/mol. The number of halogens is 5. The molecule has 0 radical (unpaired) electrons. The Morgan fingerprint density at radius 1 is 1.00 bits per heavy atom. The summed E-state index contributed by atoms with van der Waals surface area (Å²) in [5.41, 5.74) is -0.768. The van der Waals surface area contributed by atoms with Crippen LogP contribution in [0.25, 0.3) is 11.2 Å². The molecule has 0 unspecified atom stereocenters. The number of benzene rings is 2. The molecular weight excluding hydrogens is 510 g/mol. The van der Waals surface area contributed by atoms with Gasteiger partial charge in [0.1, 0.15) is 11.3 Å². The van der Waals surface area contributed by atoms with E-state index in [1.165, 1.54) is 30.5 Å². The van der Waals surface area contributed by atoms with Crippen LogP contribution in [0.3, 0.4) is 0 Å². The van der Waals surface area contributed by atoms with Crippen LogP contribution in [0.1, 0.15) is 19.4 Å². The summed E-state index contributed by atoms with van der Waals surface area (Å²) < 4.78 is 44.7. The Morgan fingerprint density at radius 2 is 1.74 bits per heavy atom. The van der Waals surface area contributed by atoms with Crippen molar-refractivity contribution in [3.8, 4) is 11.5 Å². The molecule has 0 saturated heterocycles. The zero-order valence-electron chi connectivity index (χ0n) is 18.2. The van der Waals surface area contributed by atoms with Gasteiger partial charge in [0.15, 0.2) is 11.4 Å². The summed E-state index contributed by atoms with van der Waals surface area (Å²) in [6.45, 7) is 4.00. The number of amides is 2. The van der Waals surface area contributed by atoms with Crippen LogP contribution in [0.5, 0.6) is 11.5 Å². The van der Waals surface area contributed by atoms with E-state index in [0.717, 1.165) is 12.1 Å². The van der Waals surface area contributed by atoms with Crippen LogP contribution in [-0.2, 0) is 6.18 Å². The quantitative estimate of drug-likeness (QED) is 0.228. The van der Waals surface area contributed by atoms with Crippen LogP contribution in [0.2, 0.25) is 10.0 Å². The van der Waals surface area contributed by atoms with Gasteiger partial charge >= 0.3 is 17.9 Å². The topological polar surface area (TPSA) is 112 Å². The zero-order valence-corrected chi connectivity index (χ0v) is 19.7. The molecule has 8 nitrogen and oxygen atoms in total. The Kier molecular flexibility index (Phi) is 7.92. The summed E-state index contributed by atoms with van der Waals surface area (Å²) in [4.78, 5) is 32.8. The summed E-state index contributed by atoms with van der Waals surface area (Å²) in [5, 5.41) is 4.35. The van der Waals surface area contributed by atoms with E-state index in [0.29, 0.717) is 22.7 Å². The third-order valence-corrected chi connectivity index (χ3v) is 4.97. The molecule has 2 amide bonds. The van der Waals surface area contributed by atoms with Crippen molar-refractivity contribution in [3.63, 3.8) is 0 Å². The monoisotopic (exact) mass is 527 g/mol. The lowest BCUT2D eigenvalue weighted by Crippen LogP contribution is -2.20. The number of aromatic amines is 2. The van der Waals surface area contributed by atoms with Crippen molar-refractivity contribution in [3.05, 3.63) is 74.8 Å². The highest BCUT2D eigenvalue weighted by Crippen LogP contribution is 2.36. The van der Waals surface area contributed by atoms with Crippen molar-refractivity contribution < 1.29 is 22.7 Å². The predicted octanol–water partition coefficient (Wildman–Crippen LogP) is 7.04. The number of anilines is 2. The Hall–Kier alpha value is -3.70. The lowest BCUT2D eigenvalue weighted by atomic mass is 10.2. The average Bonchev–Trinajstić information content (AvgIpc) is 3.19. The van der Waals surface area contributed by atoms with E-state index in [-0.39, 0.29) is 16.4 Å². The van der Waals surface area contributed by atoms with Gasteiger partial charge in [-0.3, -0.25) is 4.98 Å². The second-order valence-corrected chi connectivity index (χ2v) is 7.44. The fourth-order valence-corrected chi connectivity index (χ4v) is 3.33. The molecule has 4 aromatic rings. The molecule has 0 aliphatic rings. The van der Waals surface area contributed by atoms with Gasteiger partial charge in [0.25, 0.3) is 0 Å². The van der Waals surface area contributed by atoms with Gasteiger partial charge in [-0.25, -0.2) is 14.6 Å². The highest BCUT2D eigenvalue weighted by molar-refractivity contribution is 6.34. The van der Waals surface area contributed by atoms with Crippen molar-refractivity contribution in [2.75, 3.05) is 10.6 Å². The number of hydrogen-bond acceptors (Lipinski definition) is 4. The number of H-pyrrole nitrogens is 2. The molecule has 4 N–H and O–H groups in total. The predicted molar refractivity (Wildman–Crippen MR) is 129 cm³/mol. The number of hydrogen-bond donors (Lipinski definition) is 4. The Balaban J connectivity index is 0.00000167. The minimum Gasteiger partial charge on any atom is -0.455 e. The molecule has 13 heteroatoms. The number of fused-ring (bicyclic) bond motifs is 1. The molecule has 2 heterocycles. The maximum Gasteiger partial charge on any atom is 0.417 e. The van der Waals surface area contributed by atoms with Gasteiger partial charge in [0.2, 0.25) is 0 Å². The van der Waals surface area contributed by atoms with E-state index in [9.17, 15) is 22.8 Å². The van der Waals surface area contributed by atoms with Crippen LogP contribution in [-0.4, -0.2) is 21.0 Å². The molecule has 0 saturated carbocycles. The van der Waals surface area contributed by atoms with Crippen molar-refractivity contribution in [2.24, 2.45) is 0 Å². The van der Waals surface area contributed by atoms with E-state index < -0.39 is 28.5 Å². The number of aromatic nitrogens is 3. The molecule has 0 aliphatic heterocycles. The molecule has 0 bridgehead atoms. The zero-order chi connectivity index (χ0) is 25.8. The summed E-state index contributed by atoms with van der Waals surface area (Å²) in [6.07, 6.45) is -3.22. The first-order chi connectivity index (χ1) is 16.6. The van der Waals surface area contributed by atoms with Crippen LogP contribution < -0.4 is 21.1 Å². The van der Waals surface area contributed by atoms with Crippen LogP contribution in [0.15, 0.2) is 53.5 Å². The number of nitrogens with one attached hydrogen (secondary N) is 4. The fraction of sp³-hybridized carbons (Fsp3) is 0.136. The van der Waals surface area contributed by atoms with Gasteiger partial charge in [-0.15, -0.1) is 0 Å². The third-order valence-electron chi connectivity index (χ3n) is 4.33. The third kappa shape index (κ3) is 6.25. The standard InChI is InChI=1S/C20H12Cl2F3N5O3.C2H6/c21-12-3-1-9(7-11(12)20(23,24)25)27-18(31)28-14-4-2-10(8-13(14)22)33-15-5-6-26-17-16(15)29-19(32)30-17;1-2/h1-8H,(H2,27,28,31)(H2,26,29,30,32);1-2H3. The van der Waals surface area contributed by atoms with E-state index in [4.69, 9.17) is 27.9 Å². The van der Waals surface area contributed by atoms with Crippen LogP contribution in [0, 0.1) is 0 Å². The number of carbonyl (C=O) groups excluding carboxylic acids is 1. The second kappa shape index (κ2) is 10.7. The van der Waals surface area contributed by atoms with Crippen molar-refractivity contribution >= 4 is 51.8 Å². The Morgan fingerprint density at radius 3 is 2.43 bits per heavy atom. The number of imidazole rings is 1.